The van der Waals surface area contributed by atoms with Crippen LogP contribution in [0.25, 0.3) is 0 Å². The quantitative estimate of drug-likeness (QED) is 0.822. The number of amides is 1. The summed E-state index contributed by atoms with van der Waals surface area (Å²) in [6.07, 6.45) is 0.811. The van der Waals surface area contributed by atoms with E-state index in [9.17, 15) is 14.7 Å². The Bertz CT molecular complexity index is 609. The predicted octanol–water partition coefficient (Wildman–Crippen LogP) is 3.22. The molecule has 1 aromatic carbocycles. The highest BCUT2D eigenvalue weighted by molar-refractivity contribution is 5.82. The molecule has 1 N–H and O–H groups in total. The lowest BCUT2D eigenvalue weighted by atomic mass is 9.76. The number of carbonyl (C=O) groups is 2. The summed E-state index contributed by atoms with van der Waals surface area (Å²) in [5.74, 6) is 0.451. The first-order valence-corrected chi connectivity index (χ1v) is 8.97. The molecule has 1 saturated heterocycles. The van der Waals surface area contributed by atoms with E-state index in [0.717, 1.165) is 11.3 Å². The molecular weight excluding hydrogens is 318 g/mol. The van der Waals surface area contributed by atoms with Crippen LogP contribution in [0.5, 0.6) is 5.75 Å². The van der Waals surface area contributed by atoms with Gasteiger partial charge in [0.2, 0.25) is 5.91 Å². The van der Waals surface area contributed by atoms with Crippen LogP contribution in [-0.2, 0) is 16.0 Å². The third-order valence-electron chi connectivity index (χ3n) is 5.05. The van der Waals surface area contributed by atoms with Crippen molar-refractivity contribution >= 4 is 11.9 Å². The maximum Gasteiger partial charge on any atom is 0.311 e. The van der Waals surface area contributed by atoms with Crippen molar-refractivity contribution in [2.75, 3.05) is 19.7 Å². The number of hydrogen-bond donors (Lipinski definition) is 1. The lowest BCUT2D eigenvalue weighted by molar-refractivity contribution is -0.151. The number of ether oxygens (including phenoxy) is 1. The van der Waals surface area contributed by atoms with Gasteiger partial charge in [0.15, 0.2) is 0 Å². The van der Waals surface area contributed by atoms with Gasteiger partial charge in [0.1, 0.15) is 5.75 Å². The van der Waals surface area contributed by atoms with Gasteiger partial charge < -0.3 is 14.7 Å². The number of benzene rings is 1. The molecule has 1 heterocycles. The van der Waals surface area contributed by atoms with Gasteiger partial charge in [0.25, 0.3) is 0 Å². The Morgan fingerprint density at radius 1 is 1.20 bits per heavy atom. The van der Waals surface area contributed by atoms with Gasteiger partial charge in [0, 0.05) is 13.1 Å². The van der Waals surface area contributed by atoms with Gasteiger partial charge in [-0.3, -0.25) is 9.59 Å². The van der Waals surface area contributed by atoms with Crippen LogP contribution in [0.3, 0.4) is 0 Å². The lowest BCUT2D eigenvalue weighted by Gasteiger charge is -2.28. The van der Waals surface area contributed by atoms with E-state index in [1.165, 1.54) is 0 Å². The van der Waals surface area contributed by atoms with Gasteiger partial charge in [-0.2, -0.15) is 0 Å². The summed E-state index contributed by atoms with van der Waals surface area (Å²) in [5, 5.41) is 9.59. The third-order valence-corrected chi connectivity index (χ3v) is 5.05. The Labute approximate surface area is 150 Å². The van der Waals surface area contributed by atoms with Crippen LogP contribution in [0, 0.1) is 17.3 Å². The minimum absolute atomic E-state index is 0.000175. The van der Waals surface area contributed by atoms with Crippen LogP contribution >= 0.6 is 0 Å². The van der Waals surface area contributed by atoms with E-state index in [1.807, 2.05) is 38.1 Å². The zero-order chi connectivity index (χ0) is 18.6. The number of rotatable bonds is 7. The second-order valence-electron chi connectivity index (χ2n) is 7.71. The van der Waals surface area contributed by atoms with Crippen molar-refractivity contribution in [3.63, 3.8) is 0 Å². The fraction of sp³-hybridized carbons (Fsp3) is 0.600. The minimum Gasteiger partial charge on any atom is -0.493 e. The van der Waals surface area contributed by atoms with Crippen molar-refractivity contribution in [2.24, 2.45) is 17.3 Å². The lowest BCUT2D eigenvalue weighted by Crippen LogP contribution is -2.41. The number of carboxylic acids is 1. The zero-order valence-electron chi connectivity index (χ0n) is 15.6. The van der Waals surface area contributed by atoms with Gasteiger partial charge in [-0.1, -0.05) is 39.8 Å². The molecule has 0 bridgehead atoms. The summed E-state index contributed by atoms with van der Waals surface area (Å²) in [7, 11) is 0. The first kappa shape index (κ1) is 19.3. The molecule has 0 aliphatic carbocycles. The number of hydrogen-bond acceptors (Lipinski definition) is 3. The molecule has 0 spiro atoms. The van der Waals surface area contributed by atoms with Crippen molar-refractivity contribution in [1.82, 2.24) is 4.90 Å². The van der Waals surface area contributed by atoms with Crippen molar-refractivity contribution < 1.29 is 19.4 Å². The Morgan fingerprint density at radius 3 is 2.32 bits per heavy atom. The zero-order valence-corrected chi connectivity index (χ0v) is 15.6. The Hall–Kier alpha value is -2.04. The first-order valence-electron chi connectivity index (χ1n) is 8.97. The van der Waals surface area contributed by atoms with Gasteiger partial charge >= 0.3 is 5.97 Å². The standard InChI is InChI=1S/C20H29NO4/c1-14(2)12-25-17-7-5-16(6-8-17)11-18(22)21-10-9-20(13-21,15(3)4)19(23)24/h5-8,14-15H,9-13H2,1-4H3,(H,23,24). The topological polar surface area (TPSA) is 66.8 Å². The second kappa shape index (κ2) is 7.89. The number of carboxylic acid groups (broad SMARTS) is 1. The normalized spacial score (nSPS) is 20.3. The maximum atomic E-state index is 12.5. The number of likely N-dealkylation sites (tertiary alicyclic amines) is 1. The van der Waals surface area contributed by atoms with Gasteiger partial charge in [-0.25, -0.2) is 0 Å². The molecule has 5 heteroatoms. The van der Waals surface area contributed by atoms with Crippen LogP contribution in [0.15, 0.2) is 24.3 Å². The summed E-state index contributed by atoms with van der Waals surface area (Å²) in [6, 6.07) is 7.56. The average Bonchev–Trinajstić information content (AvgIpc) is 3.01. The molecule has 1 aromatic rings. The van der Waals surface area contributed by atoms with E-state index in [-0.39, 0.29) is 18.2 Å². The monoisotopic (exact) mass is 347 g/mol. The molecule has 0 radical (unpaired) electrons. The highest BCUT2D eigenvalue weighted by atomic mass is 16.5. The van der Waals surface area contributed by atoms with Crippen molar-refractivity contribution in [3.8, 4) is 5.75 Å². The molecule has 1 fully saturated rings. The summed E-state index contributed by atoms with van der Waals surface area (Å²) in [4.78, 5) is 25.9. The summed E-state index contributed by atoms with van der Waals surface area (Å²) >= 11 is 0. The van der Waals surface area contributed by atoms with E-state index < -0.39 is 11.4 Å². The highest BCUT2D eigenvalue weighted by Gasteiger charge is 2.48. The van der Waals surface area contributed by atoms with Crippen molar-refractivity contribution in [2.45, 2.75) is 40.5 Å². The predicted molar refractivity (Wildman–Crippen MR) is 96.6 cm³/mol. The Morgan fingerprint density at radius 2 is 1.84 bits per heavy atom. The van der Waals surface area contributed by atoms with Gasteiger partial charge in [-0.05, 0) is 36.0 Å². The average molecular weight is 347 g/mol. The molecule has 5 nitrogen and oxygen atoms in total. The molecule has 2 rings (SSSR count). The van der Waals surface area contributed by atoms with E-state index in [1.54, 1.807) is 4.90 Å². The van der Waals surface area contributed by atoms with Crippen molar-refractivity contribution in [3.05, 3.63) is 29.8 Å². The Kier molecular flexibility index (Phi) is 6.09. The van der Waals surface area contributed by atoms with E-state index in [0.29, 0.717) is 32.0 Å². The molecule has 138 valence electrons. The fourth-order valence-electron chi connectivity index (χ4n) is 3.19. The van der Waals surface area contributed by atoms with Crippen LogP contribution in [0.2, 0.25) is 0 Å². The van der Waals surface area contributed by atoms with Gasteiger partial charge in [0.05, 0.1) is 18.4 Å². The largest absolute Gasteiger partial charge is 0.493 e. The minimum atomic E-state index is -0.815. The van der Waals surface area contributed by atoms with Gasteiger partial charge in [-0.15, -0.1) is 0 Å². The molecule has 1 aliphatic heterocycles. The second-order valence-corrected chi connectivity index (χ2v) is 7.71. The molecule has 1 unspecified atom stereocenters. The first-order chi connectivity index (χ1) is 11.7. The smallest absolute Gasteiger partial charge is 0.311 e. The molecule has 1 aliphatic rings. The van der Waals surface area contributed by atoms with E-state index in [2.05, 4.69) is 13.8 Å². The molecule has 1 atom stereocenters. The number of carbonyl (C=O) groups excluding carboxylic acids is 1. The summed E-state index contributed by atoms with van der Waals surface area (Å²) in [5.41, 5.74) is 0.101. The van der Waals surface area contributed by atoms with Crippen LogP contribution < -0.4 is 4.74 Å². The molecule has 0 aromatic heterocycles. The summed E-state index contributed by atoms with van der Waals surface area (Å²) < 4.78 is 5.65. The van der Waals surface area contributed by atoms with E-state index >= 15 is 0 Å². The SMILES string of the molecule is CC(C)COc1ccc(CC(=O)N2CCC(C(=O)O)(C(C)C)C2)cc1. The molecule has 1 amide bonds. The maximum absolute atomic E-state index is 12.5. The summed E-state index contributed by atoms with van der Waals surface area (Å²) in [6.45, 7) is 9.50. The van der Waals surface area contributed by atoms with Crippen LogP contribution in [-0.4, -0.2) is 41.6 Å². The van der Waals surface area contributed by atoms with Crippen molar-refractivity contribution in [1.29, 1.82) is 0 Å². The number of aliphatic carboxylic acids is 1. The molecule has 0 saturated carbocycles. The van der Waals surface area contributed by atoms with E-state index in [4.69, 9.17) is 4.74 Å². The van der Waals surface area contributed by atoms with Crippen LogP contribution in [0.1, 0.15) is 39.7 Å². The third kappa shape index (κ3) is 4.53. The molecular formula is C20H29NO4. The highest BCUT2D eigenvalue weighted by Crippen LogP contribution is 2.38. The van der Waals surface area contributed by atoms with Crippen LogP contribution in [0.4, 0.5) is 0 Å². The Balaban J connectivity index is 1.95. The molecule has 25 heavy (non-hydrogen) atoms. The number of nitrogens with zero attached hydrogens (tertiary/aromatic N) is 1. The fourth-order valence-corrected chi connectivity index (χ4v) is 3.19.